The summed E-state index contributed by atoms with van der Waals surface area (Å²) in [5.41, 5.74) is 5.48. The number of H-pyrrole nitrogens is 1. The molecule has 0 spiro atoms. The summed E-state index contributed by atoms with van der Waals surface area (Å²) in [5.74, 6) is 1.46. The van der Waals surface area contributed by atoms with Gasteiger partial charge in [0.25, 0.3) is 0 Å². The molecule has 0 aliphatic carbocycles. The molecule has 3 aromatic rings. The lowest BCUT2D eigenvalue weighted by Gasteiger charge is -2.12. The second-order valence-corrected chi connectivity index (χ2v) is 6.14. The van der Waals surface area contributed by atoms with Crippen LogP contribution in [0.25, 0.3) is 11.4 Å². The van der Waals surface area contributed by atoms with E-state index in [0.29, 0.717) is 17.1 Å². The summed E-state index contributed by atoms with van der Waals surface area (Å²) >= 11 is 7.05. The molecule has 0 bridgehead atoms. The minimum atomic E-state index is 0.523. The van der Waals surface area contributed by atoms with E-state index in [1.165, 1.54) is 10.4 Å². The van der Waals surface area contributed by atoms with Crippen molar-refractivity contribution in [3.05, 3.63) is 50.9 Å². The highest BCUT2D eigenvalue weighted by molar-refractivity contribution is 7.71. The van der Waals surface area contributed by atoms with Gasteiger partial charge in [0.05, 0.1) is 19.2 Å². The molecule has 0 radical (unpaired) electrons. The van der Waals surface area contributed by atoms with E-state index in [-0.39, 0.29) is 0 Å². The fraction of sp³-hybridized carbons (Fsp3) is 0.200. The Morgan fingerprint density at radius 1 is 1.36 bits per heavy atom. The SMILES string of the molecule is COc1ccccc1-c1n[nH]c(=S)n1NCc1sccc1C. The molecule has 0 unspecified atom stereocenters. The van der Waals surface area contributed by atoms with Gasteiger partial charge in [-0.15, -0.1) is 11.3 Å². The molecule has 7 heteroatoms. The maximum atomic E-state index is 5.41. The van der Waals surface area contributed by atoms with Crippen molar-refractivity contribution >= 4 is 23.6 Å². The summed E-state index contributed by atoms with van der Waals surface area (Å²) in [4.78, 5) is 1.27. The van der Waals surface area contributed by atoms with E-state index in [2.05, 4.69) is 34.0 Å². The molecule has 0 aliphatic heterocycles. The third kappa shape index (κ3) is 2.77. The second kappa shape index (κ2) is 6.33. The van der Waals surface area contributed by atoms with Gasteiger partial charge in [-0.2, -0.15) is 5.10 Å². The summed E-state index contributed by atoms with van der Waals surface area (Å²) in [6.07, 6.45) is 0. The van der Waals surface area contributed by atoms with Gasteiger partial charge >= 0.3 is 0 Å². The quantitative estimate of drug-likeness (QED) is 0.699. The van der Waals surface area contributed by atoms with Crippen molar-refractivity contribution in [3.8, 4) is 17.1 Å². The average Bonchev–Trinajstić information content (AvgIpc) is 3.11. The molecule has 0 atom stereocenters. The molecule has 0 aliphatic rings. The molecule has 0 amide bonds. The minimum Gasteiger partial charge on any atom is -0.496 e. The van der Waals surface area contributed by atoms with Crippen LogP contribution in [-0.2, 0) is 6.54 Å². The number of aromatic nitrogens is 3. The molecule has 2 heterocycles. The van der Waals surface area contributed by atoms with Crippen LogP contribution in [0, 0.1) is 11.7 Å². The molecule has 0 saturated carbocycles. The Morgan fingerprint density at radius 2 is 2.18 bits per heavy atom. The molecule has 0 saturated heterocycles. The lowest BCUT2D eigenvalue weighted by Crippen LogP contribution is -2.16. The number of hydrogen-bond acceptors (Lipinski definition) is 5. The number of aromatic amines is 1. The van der Waals surface area contributed by atoms with Gasteiger partial charge in [-0.3, -0.25) is 0 Å². The molecule has 22 heavy (non-hydrogen) atoms. The first-order valence-electron chi connectivity index (χ1n) is 6.78. The first kappa shape index (κ1) is 14.8. The van der Waals surface area contributed by atoms with Crippen LogP contribution in [0.2, 0.25) is 0 Å². The van der Waals surface area contributed by atoms with Crippen LogP contribution in [-0.4, -0.2) is 22.0 Å². The number of hydrogen-bond donors (Lipinski definition) is 2. The fourth-order valence-electron chi connectivity index (χ4n) is 2.19. The van der Waals surface area contributed by atoms with Crippen molar-refractivity contribution in [1.82, 2.24) is 14.9 Å². The number of benzene rings is 1. The smallest absolute Gasteiger partial charge is 0.214 e. The molecular weight excluding hydrogens is 316 g/mol. The molecule has 3 rings (SSSR count). The van der Waals surface area contributed by atoms with Gasteiger partial charge in [-0.1, -0.05) is 12.1 Å². The van der Waals surface area contributed by atoms with Crippen molar-refractivity contribution in [1.29, 1.82) is 0 Å². The van der Waals surface area contributed by atoms with Crippen molar-refractivity contribution in [2.45, 2.75) is 13.5 Å². The fourth-order valence-corrected chi connectivity index (χ4v) is 3.22. The maximum Gasteiger partial charge on any atom is 0.214 e. The number of aryl methyl sites for hydroxylation is 1. The van der Waals surface area contributed by atoms with Gasteiger partial charge in [0, 0.05) is 4.88 Å². The number of nitrogens with one attached hydrogen (secondary N) is 2. The number of rotatable bonds is 5. The Labute approximate surface area is 137 Å². The lowest BCUT2D eigenvalue weighted by atomic mass is 10.2. The van der Waals surface area contributed by atoms with Crippen molar-refractivity contribution in [2.75, 3.05) is 12.5 Å². The molecule has 1 aromatic carbocycles. The van der Waals surface area contributed by atoms with E-state index >= 15 is 0 Å². The number of methoxy groups -OCH3 is 1. The monoisotopic (exact) mass is 332 g/mol. The molecular formula is C15H16N4OS2. The highest BCUT2D eigenvalue weighted by Gasteiger charge is 2.13. The van der Waals surface area contributed by atoms with E-state index in [1.54, 1.807) is 23.1 Å². The van der Waals surface area contributed by atoms with Crippen LogP contribution >= 0.6 is 23.6 Å². The predicted octanol–water partition coefficient (Wildman–Crippen LogP) is 3.73. The van der Waals surface area contributed by atoms with Gasteiger partial charge in [0.2, 0.25) is 4.77 Å². The third-order valence-electron chi connectivity index (χ3n) is 3.39. The molecule has 114 valence electrons. The highest BCUT2D eigenvalue weighted by Crippen LogP contribution is 2.27. The number of thiophene rings is 1. The highest BCUT2D eigenvalue weighted by atomic mass is 32.1. The van der Waals surface area contributed by atoms with Gasteiger partial charge in [-0.25, -0.2) is 9.77 Å². The van der Waals surface area contributed by atoms with E-state index in [0.717, 1.165) is 11.3 Å². The summed E-state index contributed by atoms with van der Waals surface area (Å²) in [6.45, 7) is 2.79. The maximum absolute atomic E-state index is 5.41. The lowest BCUT2D eigenvalue weighted by molar-refractivity contribution is 0.416. The molecule has 2 N–H and O–H groups in total. The van der Waals surface area contributed by atoms with Gasteiger partial charge < -0.3 is 10.2 Å². The van der Waals surface area contributed by atoms with Crippen LogP contribution in [0.1, 0.15) is 10.4 Å². The first-order valence-corrected chi connectivity index (χ1v) is 8.07. The van der Waals surface area contributed by atoms with Crippen LogP contribution in [0.4, 0.5) is 0 Å². The van der Waals surface area contributed by atoms with Gasteiger partial charge in [-0.05, 0) is 48.3 Å². The zero-order chi connectivity index (χ0) is 15.5. The Kier molecular flexibility index (Phi) is 4.26. The summed E-state index contributed by atoms with van der Waals surface area (Å²) in [7, 11) is 1.65. The molecule has 0 fully saturated rings. The zero-order valence-corrected chi connectivity index (χ0v) is 13.9. The van der Waals surface area contributed by atoms with E-state index in [9.17, 15) is 0 Å². The number of nitrogens with zero attached hydrogens (tertiary/aromatic N) is 2. The predicted molar refractivity (Wildman–Crippen MR) is 91.5 cm³/mol. The van der Waals surface area contributed by atoms with Crippen LogP contribution in [0.5, 0.6) is 5.75 Å². The largest absolute Gasteiger partial charge is 0.496 e. The topological polar surface area (TPSA) is 54.9 Å². The number of para-hydroxylation sites is 1. The standard InChI is InChI=1S/C15H16N4OS2/c1-10-7-8-22-13(10)9-16-19-14(17-18-15(19)21)11-5-3-4-6-12(11)20-2/h3-8,16H,9H2,1-2H3,(H,18,21). The average molecular weight is 332 g/mol. The Balaban J connectivity index is 1.94. The summed E-state index contributed by atoms with van der Waals surface area (Å²) in [6, 6.07) is 9.84. The van der Waals surface area contributed by atoms with Gasteiger partial charge in [0.1, 0.15) is 5.75 Å². The molecule has 5 nitrogen and oxygen atoms in total. The van der Waals surface area contributed by atoms with Crippen molar-refractivity contribution in [2.24, 2.45) is 0 Å². The second-order valence-electron chi connectivity index (χ2n) is 4.75. The Morgan fingerprint density at radius 3 is 2.91 bits per heavy atom. The Bertz CT molecular complexity index is 834. The summed E-state index contributed by atoms with van der Waals surface area (Å²) in [5, 5.41) is 9.24. The van der Waals surface area contributed by atoms with Crippen LogP contribution in [0.15, 0.2) is 35.7 Å². The molecule has 2 aromatic heterocycles. The van der Waals surface area contributed by atoms with Crippen LogP contribution in [0.3, 0.4) is 0 Å². The normalized spacial score (nSPS) is 10.6. The van der Waals surface area contributed by atoms with E-state index < -0.39 is 0 Å². The van der Waals surface area contributed by atoms with Crippen LogP contribution < -0.4 is 10.2 Å². The van der Waals surface area contributed by atoms with Crippen molar-refractivity contribution in [3.63, 3.8) is 0 Å². The van der Waals surface area contributed by atoms with Gasteiger partial charge in [0.15, 0.2) is 5.82 Å². The Hall–Kier alpha value is -2.12. The summed E-state index contributed by atoms with van der Waals surface area (Å²) < 4.78 is 7.71. The van der Waals surface area contributed by atoms with E-state index in [1.807, 2.05) is 24.3 Å². The number of ether oxygens (including phenoxy) is 1. The minimum absolute atomic E-state index is 0.523. The van der Waals surface area contributed by atoms with Crippen molar-refractivity contribution < 1.29 is 4.74 Å². The first-order chi connectivity index (χ1) is 10.7. The zero-order valence-electron chi connectivity index (χ0n) is 12.3. The third-order valence-corrected chi connectivity index (χ3v) is 4.68. The van der Waals surface area contributed by atoms with E-state index in [4.69, 9.17) is 17.0 Å².